The van der Waals surface area contributed by atoms with E-state index in [9.17, 15) is 14.9 Å². The molecule has 0 aliphatic carbocycles. The van der Waals surface area contributed by atoms with E-state index in [1.165, 1.54) is 23.7 Å². The zero-order valence-corrected chi connectivity index (χ0v) is 9.90. The number of nitrogens with one attached hydrogen (secondary N) is 2. The van der Waals surface area contributed by atoms with E-state index in [1.807, 2.05) is 7.05 Å². The third-order valence-corrected chi connectivity index (χ3v) is 2.40. The molecule has 7 nitrogen and oxygen atoms in total. The third-order valence-electron chi connectivity index (χ3n) is 2.40. The standard InChI is InChI=1S/C10H16N4O3/c1-11-6-3-7-12-10(15)8-4-5-9(13(8)2)14(16)17/h4-5,11H,3,6-7H2,1-2H3,(H,12,15). The van der Waals surface area contributed by atoms with Crippen LogP contribution in [0.1, 0.15) is 16.9 Å². The van der Waals surface area contributed by atoms with Gasteiger partial charge in [0.1, 0.15) is 0 Å². The van der Waals surface area contributed by atoms with Crippen LogP contribution in [-0.4, -0.2) is 35.5 Å². The summed E-state index contributed by atoms with van der Waals surface area (Å²) in [6.45, 7) is 1.35. The Morgan fingerprint density at radius 2 is 2.18 bits per heavy atom. The minimum absolute atomic E-state index is 0.0922. The van der Waals surface area contributed by atoms with Gasteiger partial charge in [0.2, 0.25) is 0 Å². The van der Waals surface area contributed by atoms with Gasteiger partial charge in [-0.3, -0.25) is 4.79 Å². The van der Waals surface area contributed by atoms with E-state index in [-0.39, 0.29) is 11.7 Å². The molecule has 0 aliphatic rings. The van der Waals surface area contributed by atoms with Crippen LogP contribution in [-0.2, 0) is 7.05 Å². The number of rotatable bonds is 6. The van der Waals surface area contributed by atoms with Crippen LogP contribution in [0.5, 0.6) is 0 Å². The van der Waals surface area contributed by atoms with Gasteiger partial charge in [-0.25, -0.2) is 4.57 Å². The summed E-state index contributed by atoms with van der Waals surface area (Å²) >= 11 is 0. The van der Waals surface area contributed by atoms with Crippen LogP contribution in [0.15, 0.2) is 12.1 Å². The molecule has 94 valence electrons. The molecule has 0 unspecified atom stereocenters. The Bertz CT molecular complexity index is 414. The molecule has 0 radical (unpaired) electrons. The van der Waals surface area contributed by atoms with Gasteiger partial charge >= 0.3 is 5.82 Å². The zero-order chi connectivity index (χ0) is 12.8. The number of nitrogens with zero attached hydrogens (tertiary/aromatic N) is 2. The molecule has 1 rings (SSSR count). The zero-order valence-electron chi connectivity index (χ0n) is 9.90. The molecule has 1 heterocycles. The Morgan fingerprint density at radius 1 is 1.47 bits per heavy atom. The van der Waals surface area contributed by atoms with Crippen LogP contribution < -0.4 is 10.6 Å². The van der Waals surface area contributed by atoms with Crippen LogP contribution in [0.3, 0.4) is 0 Å². The van der Waals surface area contributed by atoms with Gasteiger partial charge in [0, 0.05) is 12.6 Å². The Balaban J connectivity index is 2.60. The van der Waals surface area contributed by atoms with Gasteiger partial charge < -0.3 is 20.7 Å². The van der Waals surface area contributed by atoms with Crippen molar-refractivity contribution in [2.45, 2.75) is 6.42 Å². The van der Waals surface area contributed by atoms with Crippen LogP contribution >= 0.6 is 0 Å². The quantitative estimate of drug-likeness (QED) is 0.424. The second kappa shape index (κ2) is 6.00. The van der Waals surface area contributed by atoms with Crippen molar-refractivity contribution in [1.29, 1.82) is 0 Å². The predicted molar refractivity (Wildman–Crippen MR) is 62.9 cm³/mol. The average molecular weight is 240 g/mol. The lowest BCUT2D eigenvalue weighted by atomic mass is 10.3. The third kappa shape index (κ3) is 3.28. The molecule has 0 spiro atoms. The summed E-state index contributed by atoms with van der Waals surface area (Å²) in [4.78, 5) is 21.8. The van der Waals surface area contributed by atoms with Crippen molar-refractivity contribution in [2.24, 2.45) is 7.05 Å². The summed E-state index contributed by atoms with van der Waals surface area (Å²) in [7, 11) is 3.34. The normalized spacial score (nSPS) is 10.2. The second-order valence-electron chi connectivity index (χ2n) is 3.61. The molecular weight excluding hydrogens is 224 g/mol. The van der Waals surface area contributed by atoms with Gasteiger partial charge in [-0.2, -0.15) is 0 Å². The average Bonchev–Trinajstić information content (AvgIpc) is 2.66. The van der Waals surface area contributed by atoms with Crippen LogP contribution in [0.2, 0.25) is 0 Å². The van der Waals surface area contributed by atoms with Crippen LogP contribution in [0.4, 0.5) is 5.82 Å². The Morgan fingerprint density at radius 3 is 2.71 bits per heavy atom. The summed E-state index contributed by atoms with van der Waals surface area (Å²) in [6.07, 6.45) is 0.814. The van der Waals surface area contributed by atoms with Gasteiger partial charge in [-0.15, -0.1) is 0 Å². The highest BCUT2D eigenvalue weighted by Crippen LogP contribution is 2.14. The number of carbonyl (C=O) groups is 1. The molecule has 0 aliphatic heterocycles. The molecule has 0 saturated heterocycles. The maximum absolute atomic E-state index is 11.7. The smallest absolute Gasteiger partial charge is 0.323 e. The molecule has 0 fully saturated rings. The summed E-state index contributed by atoms with van der Waals surface area (Å²) in [5.41, 5.74) is 0.293. The van der Waals surface area contributed by atoms with Gasteiger partial charge in [0.05, 0.1) is 7.05 Å². The molecule has 0 aromatic carbocycles. The monoisotopic (exact) mass is 240 g/mol. The van der Waals surface area contributed by atoms with E-state index >= 15 is 0 Å². The maximum Gasteiger partial charge on any atom is 0.323 e. The van der Waals surface area contributed by atoms with Crippen LogP contribution in [0, 0.1) is 10.1 Å². The largest absolute Gasteiger partial charge is 0.358 e. The molecule has 1 aromatic heterocycles. The highest BCUT2D eigenvalue weighted by molar-refractivity contribution is 5.93. The number of hydrogen-bond acceptors (Lipinski definition) is 4. The Hall–Kier alpha value is -1.89. The minimum atomic E-state index is -0.516. The number of carbonyl (C=O) groups excluding carboxylic acids is 1. The fourth-order valence-electron chi connectivity index (χ4n) is 1.47. The van der Waals surface area contributed by atoms with E-state index in [2.05, 4.69) is 10.6 Å². The highest BCUT2D eigenvalue weighted by Gasteiger charge is 2.19. The molecule has 2 N–H and O–H groups in total. The first-order chi connectivity index (χ1) is 8.07. The minimum Gasteiger partial charge on any atom is -0.358 e. The van der Waals surface area contributed by atoms with Crippen molar-refractivity contribution in [1.82, 2.24) is 15.2 Å². The molecular formula is C10H16N4O3. The van der Waals surface area contributed by atoms with Gasteiger partial charge in [-0.1, -0.05) is 0 Å². The van der Waals surface area contributed by atoms with Gasteiger partial charge in [0.25, 0.3) is 5.91 Å². The maximum atomic E-state index is 11.7. The first-order valence-corrected chi connectivity index (χ1v) is 5.31. The van der Waals surface area contributed by atoms with Gasteiger partial charge in [0.15, 0.2) is 5.69 Å². The molecule has 0 atom stereocenters. The number of hydrogen-bond donors (Lipinski definition) is 2. The highest BCUT2D eigenvalue weighted by atomic mass is 16.6. The fourth-order valence-corrected chi connectivity index (χ4v) is 1.47. The summed E-state index contributed by atoms with van der Waals surface area (Å²) in [5.74, 6) is -0.387. The lowest BCUT2D eigenvalue weighted by Crippen LogP contribution is -2.28. The second-order valence-corrected chi connectivity index (χ2v) is 3.61. The van der Waals surface area contributed by atoms with Crippen LogP contribution in [0.25, 0.3) is 0 Å². The first-order valence-electron chi connectivity index (χ1n) is 5.31. The lowest BCUT2D eigenvalue weighted by molar-refractivity contribution is -0.391. The van der Waals surface area contributed by atoms with Crippen molar-refractivity contribution in [3.05, 3.63) is 27.9 Å². The molecule has 7 heteroatoms. The number of amides is 1. The van der Waals surface area contributed by atoms with E-state index < -0.39 is 4.92 Å². The summed E-state index contributed by atoms with van der Waals surface area (Å²) in [6, 6.07) is 2.77. The van der Waals surface area contributed by atoms with Crippen molar-refractivity contribution >= 4 is 11.7 Å². The Labute approximate surface area is 99.0 Å². The molecule has 1 amide bonds. The van der Waals surface area contributed by atoms with Crippen molar-refractivity contribution in [2.75, 3.05) is 20.1 Å². The molecule has 0 bridgehead atoms. The fraction of sp³-hybridized carbons (Fsp3) is 0.500. The van der Waals surface area contributed by atoms with E-state index in [0.29, 0.717) is 12.2 Å². The van der Waals surface area contributed by atoms with E-state index in [1.54, 1.807) is 0 Å². The SMILES string of the molecule is CNCCCNC(=O)c1ccc([N+](=O)[O-])n1C. The molecule has 0 saturated carbocycles. The molecule has 1 aromatic rings. The number of aromatic nitrogens is 1. The summed E-state index contributed by atoms with van der Waals surface area (Å²) < 4.78 is 1.27. The number of nitro groups is 1. The molecule has 17 heavy (non-hydrogen) atoms. The lowest BCUT2D eigenvalue weighted by Gasteiger charge is -2.03. The van der Waals surface area contributed by atoms with Gasteiger partial charge in [-0.05, 0) is 31.0 Å². The van der Waals surface area contributed by atoms with Crippen molar-refractivity contribution in [3.63, 3.8) is 0 Å². The van der Waals surface area contributed by atoms with Crippen molar-refractivity contribution < 1.29 is 9.72 Å². The Kier molecular flexibility index (Phi) is 4.65. The van der Waals surface area contributed by atoms with E-state index in [4.69, 9.17) is 0 Å². The predicted octanol–water partition coefficient (Wildman–Crippen LogP) is 0.273. The topological polar surface area (TPSA) is 89.2 Å². The summed E-state index contributed by atoms with van der Waals surface area (Å²) in [5, 5.41) is 16.3. The first kappa shape index (κ1) is 13.2. The van der Waals surface area contributed by atoms with Crippen molar-refractivity contribution in [3.8, 4) is 0 Å². The van der Waals surface area contributed by atoms with E-state index in [0.717, 1.165) is 13.0 Å².